The van der Waals surface area contributed by atoms with Crippen LogP contribution in [0.25, 0.3) is 11.0 Å². The summed E-state index contributed by atoms with van der Waals surface area (Å²) in [5.41, 5.74) is 8.21. The Hall–Kier alpha value is -2.67. The van der Waals surface area contributed by atoms with Crippen molar-refractivity contribution < 1.29 is 0 Å². The molecular formula is C20H27N7. The van der Waals surface area contributed by atoms with Crippen LogP contribution in [0.15, 0.2) is 36.5 Å². The number of hydrogen-bond donors (Lipinski definition) is 3. The summed E-state index contributed by atoms with van der Waals surface area (Å²) in [6, 6.07) is 10.4. The molecule has 0 radical (unpaired) electrons. The van der Waals surface area contributed by atoms with Gasteiger partial charge in [-0.05, 0) is 18.4 Å². The maximum absolute atomic E-state index is 6.30. The summed E-state index contributed by atoms with van der Waals surface area (Å²) in [7, 11) is 1.90. The largest absolute Gasteiger partial charge is 0.367 e. The van der Waals surface area contributed by atoms with E-state index in [2.05, 4.69) is 20.7 Å². The van der Waals surface area contributed by atoms with Crippen LogP contribution in [-0.4, -0.2) is 32.3 Å². The van der Waals surface area contributed by atoms with Crippen LogP contribution in [0.5, 0.6) is 0 Å². The molecule has 4 N–H and O–H groups in total. The van der Waals surface area contributed by atoms with E-state index in [4.69, 9.17) is 10.7 Å². The van der Waals surface area contributed by atoms with Crippen LogP contribution >= 0.6 is 0 Å². The highest BCUT2D eigenvalue weighted by Crippen LogP contribution is 2.26. The van der Waals surface area contributed by atoms with Gasteiger partial charge in [0.25, 0.3) is 0 Å². The molecule has 2 heterocycles. The summed E-state index contributed by atoms with van der Waals surface area (Å²) in [5.74, 6) is 1.44. The van der Waals surface area contributed by atoms with Crippen LogP contribution in [0.2, 0.25) is 0 Å². The lowest BCUT2D eigenvalue weighted by Gasteiger charge is -2.23. The third-order valence-electron chi connectivity index (χ3n) is 5.25. The number of aryl methyl sites for hydroxylation is 1. The van der Waals surface area contributed by atoms with Crippen molar-refractivity contribution in [2.45, 2.75) is 44.2 Å². The van der Waals surface area contributed by atoms with E-state index in [-0.39, 0.29) is 6.04 Å². The van der Waals surface area contributed by atoms with E-state index in [9.17, 15) is 0 Å². The minimum Gasteiger partial charge on any atom is -0.367 e. The van der Waals surface area contributed by atoms with Crippen LogP contribution in [0.4, 0.5) is 11.8 Å². The fraction of sp³-hybridized carbons (Fsp3) is 0.450. The predicted molar refractivity (Wildman–Crippen MR) is 109 cm³/mol. The Kier molecular flexibility index (Phi) is 5.20. The zero-order chi connectivity index (χ0) is 18.6. The van der Waals surface area contributed by atoms with Crippen LogP contribution < -0.4 is 16.4 Å². The van der Waals surface area contributed by atoms with Gasteiger partial charge in [0.2, 0.25) is 5.95 Å². The van der Waals surface area contributed by atoms with Gasteiger partial charge in [-0.2, -0.15) is 15.1 Å². The normalized spacial score (nSPS) is 16.4. The van der Waals surface area contributed by atoms with Crippen molar-refractivity contribution >= 4 is 22.8 Å². The molecular weight excluding hydrogens is 338 g/mol. The van der Waals surface area contributed by atoms with Gasteiger partial charge < -0.3 is 16.4 Å². The van der Waals surface area contributed by atoms with E-state index in [0.717, 1.165) is 22.4 Å². The number of benzene rings is 1. The summed E-state index contributed by atoms with van der Waals surface area (Å²) in [4.78, 5) is 9.37. The smallest absolute Gasteiger partial charge is 0.226 e. The van der Waals surface area contributed by atoms with E-state index < -0.39 is 0 Å². The summed E-state index contributed by atoms with van der Waals surface area (Å²) in [6.07, 6.45) is 8.08. The minimum absolute atomic E-state index is 0.119. The molecule has 3 aromatic rings. The number of aromatic nitrogens is 4. The van der Waals surface area contributed by atoms with Gasteiger partial charge in [-0.1, -0.05) is 49.6 Å². The van der Waals surface area contributed by atoms with Gasteiger partial charge in [-0.15, -0.1) is 0 Å². The molecule has 7 nitrogen and oxygen atoms in total. The van der Waals surface area contributed by atoms with Gasteiger partial charge in [0.1, 0.15) is 5.82 Å². The molecule has 2 aromatic heterocycles. The topological polar surface area (TPSA) is 93.7 Å². The molecule has 1 saturated carbocycles. The highest BCUT2D eigenvalue weighted by molar-refractivity contribution is 5.87. The van der Waals surface area contributed by atoms with Crippen molar-refractivity contribution in [3.63, 3.8) is 0 Å². The van der Waals surface area contributed by atoms with E-state index in [0.29, 0.717) is 18.5 Å². The molecule has 1 fully saturated rings. The standard InChI is InChI=1S/C20H27N7/c1-27-19-16(12-23-27)18(24-15-10-6-3-7-11-15)25-20(26-19)22-13-17(21)14-8-4-2-5-9-14/h2,4-5,8-9,12,15,17H,3,6-7,10-11,13,21H2,1H3,(H2,22,24,25,26)/t17-/m0/s1. The molecule has 0 unspecified atom stereocenters. The average Bonchev–Trinajstić information content (AvgIpc) is 3.09. The monoisotopic (exact) mass is 365 g/mol. The van der Waals surface area contributed by atoms with Crippen molar-refractivity contribution in [2.24, 2.45) is 12.8 Å². The lowest BCUT2D eigenvalue weighted by Crippen LogP contribution is -2.24. The lowest BCUT2D eigenvalue weighted by molar-refractivity contribution is 0.462. The lowest BCUT2D eigenvalue weighted by atomic mass is 9.95. The van der Waals surface area contributed by atoms with Crippen LogP contribution in [0, 0.1) is 0 Å². The molecule has 4 rings (SSSR count). The first kappa shape index (κ1) is 17.7. The third kappa shape index (κ3) is 4.03. The zero-order valence-corrected chi connectivity index (χ0v) is 15.7. The maximum Gasteiger partial charge on any atom is 0.226 e. The highest BCUT2D eigenvalue weighted by atomic mass is 15.3. The Labute approximate surface area is 159 Å². The molecule has 142 valence electrons. The quantitative estimate of drug-likeness (QED) is 0.621. The number of nitrogens with zero attached hydrogens (tertiary/aromatic N) is 4. The van der Waals surface area contributed by atoms with E-state index in [1.165, 1.54) is 32.1 Å². The Bertz CT molecular complexity index is 884. The number of rotatable bonds is 6. The fourth-order valence-electron chi connectivity index (χ4n) is 3.67. The first-order chi connectivity index (χ1) is 13.2. The predicted octanol–water partition coefficient (Wildman–Crippen LogP) is 3.22. The van der Waals surface area contributed by atoms with E-state index in [1.54, 1.807) is 4.68 Å². The Balaban J connectivity index is 1.54. The molecule has 1 aliphatic rings. The molecule has 1 aromatic carbocycles. The highest BCUT2D eigenvalue weighted by Gasteiger charge is 2.18. The average molecular weight is 365 g/mol. The number of fused-ring (bicyclic) bond motifs is 1. The molecule has 7 heteroatoms. The second-order valence-corrected chi connectivity index (χ2v) is 7.28. The molecule has 0 spiro atoms. The maximum atomic E-state index is 6.30. The number of nitrogens with two attached hydrogens (primary N) is 1. The minimum atomic E-state index is -0.119. The van der Waals surface area contributed by atoms with Crippen molar-refractivity contribution in [1.29, 1.82) is 0 Å². The van der Waals surface area contributed by atoms with Gasteiger partial charge in [0, 0.05) is 25.7 Å². The van der Waals surface area contributed by atoms with Crippen molar-refractivity contribution in [3.8, 4) is 0 Å². The summed E-state index contributed by atoms with van der Waals surface area (Å²) < 4.78 is 1.78. The molecule has 0 bridgehead atoms. The first-order valence-corrected chi connectivity index (χ1v) is 9.71. The second kappa shape index (κ2) is 7.92. The molecule has 1 aliphatic carbocycles. The number of nitrogens with one attached hydrogen (secondary N) is 2. The SMILES string of the molecule is Cn1ncc2c(NC3CCCCC3)nc(NC[C@H](N)c3ccccc3)nc21. The summed E-state index contributed by atoms with van der Waals surface area (Å²) in [5, 5.41) is 12.2. The van der Waals surface area contributed by atoms with E-state index >= 15 is 0 Å². The van der Waals surface area contributed by atoms with Crippen LogP contribution in [-0.2, 0) is 7.05 Å². The summed E-state index contributed by atoms with van der Waals surface area (Å²) >= 11 is 0. The molecule has 1 atom stereocenters. The van der Waals surface area contributed by atoms with Gasteiger partial charge >= 0.3 is 0 Å². The molecule has 0 amide bonds. The Morgan fingerprint density at radius 2 is 1.93 bits per heavy atom. The van der Waals surface area contributed by atoms with Crippen molar-refractivity contribution in [2.75, 3.05) is 17.2 Å². The zero-order valence-electron chi connectivity index (χ0n) is 15.7. The molecule has 27 heavy (non-hydrogen) atoms. The second-order valence-electron chi connectivity index (χ2n) is 7.28. The van der Waals surface area contributed by atoms with Crippen LogP contribution in [0.3, 0.4) is 0 Å². The van der Waals surface area contributed by atoms with Gasteiger partial charge in [-0.3, -0.25) is 4.68 Å². The Morgan fingerprint density at radius 3 is 2.70 bits per heavy atom. The summed E-state index contributed by atoms with van der Waals surface area (Å²) in [6.45, 7) is 0.566. The number of hydrogen-bond acceptors (Lipinski definition) is 6. The molecule has 0 aliphatic heterocycles. The van der Waals surface area contributed by atoms with Gasteiger partial charge in [0.05, 0.1) is 11.6 Å². The van der Waals surface area contributed by atoms with Crippen molar-refractivity contribution in [3.05, 3.63) is 42.1 Å². The van der Waals surface area contributed by atoms with Crippen LogP contribution in [0.1, 0.15) is 43.7 Å². The Morgan fingerprint density at radius 1 is 1.15 bits per heavy atom. The molecule has 0 saturated heterocycles. The fourth-order valence-corrected chi connectivity index (χ4v) is 3.67. The first-order valence-electron chi connectivity index (χ1n) is 9.71. The van der Waals surface area contributed by atoms with Crippen molar-refractivity contribution in [1.82, 2.24) is 19.7 Å². The third-order valence-corrected chi connectivity index (χ3v) is 5.25. The van der Waals surface area contributed by atoms with E-state index in [1.807, 2.05) is 43.6 Å². The van der Waals surface area contributed by atoms with Gasteiger partial charge in [-0.25, -0.2) is 0 Å². The number of anilines is 2. The van der Waals surface area contributed by atoms with Gasteiger partial charge in [0.15, 0.2) is 5.65 Å².